The lowest BCUT2D eigenvalue weighted by molar-refractivity contribution is -0.158. The van der Waals surface area contributed by atoms with Crippen molar-refractivity contribution in [2.24, 2.45) is 5.92 Å². The Morgan fingerprint density at radius 1 is 1.29 bits per heavy atom. The van der Waals surface area contributed by atoms with Gasteiger partial charge in [0.1, 0.15) is 11.9 Å². The molecule has 1 N–H and O–H groups in total. The van der Waals surface area contributed by atoms with E-state index in [9.17, 15) is 22.4 Å². The Labute approximate surface area is 157 Å². The number of nitrogens with one attached hydrogen (secondary N) is 1. The van der Waals surface area contributed by atoms with Gasteiger partial charge in [-0.05, 0) is 49.4 Å². The molecule has 1 atom stereocenters. The Morgan fingerprint density at radius 2 is 2.04 bits per heavy atom. The van der Waals surface area contributed by atoms with Crippen molar-refractivity contribution in [3.8, 4) is 11.3 Å². The molecular weight excluding hydrogens is 376 g/mol. The van der Waals surface area contributed by atoms with Crippen molar-refractivity contribution < 1.29 is 22.4 Å². The zero-order chi connectivity index (χ0) is 20.1. The van der Waals surface area contributed by atoms with E-state index < -0.39 is 29.9 Å². The van der Waals surface area contributed by atoms with Crippen LogP contribution in [-0.4, -0.2) is 32.7 Å². The summed E-state index contributed by atoms with van der Waals surface area (Å²) < 4.78 is 54.4. The van der Waals surface area contributed by atoms with Crippen molar-refractivity contribution >= 4 is 11.4 Å². The van der Waals surface area contributed by atoms with Crippen LogP contribution in [0.3, 0.4) is 0 Å². The van der Waals surface area contributed by atoms with E-state index in [-0.39, 0.29) is 5.82 Å². The smallest absolute Gasteiger partial charge is 0.337 e. The summed E-state index contributed by atoms with van der Waals surface area (Å²) >= 11 is 0. The van der Waals surface area contributed by atoms with Crippen LogP contribution in [0.2, 0.25) is 0 Å². The first kappa shape index (κ1) is 18.4. The number of hydrogen-bond acceptors (Lipinski definition) is 3. The summed E-state index contributed by atoms with van der Waals surface area (Å²) in [6.45, 7) is 1.76. The van der Waals surface area contributed by atoms with E-state index in [1.165, 1.54) is 28.9 Å². The average molecular weight is 392 g/mol. The number of carbonyl (C=O) groups is 1. The van der Waals surface area contributed by atoms with Crippen molar-refractivity contribution in [2.45, 2.75) is 32.0 Å². The van der Waals surface area contributed by atoms with E-state index in [1.54, 1.807) is 19.1 Å². The lowest BCUT2D eigenvalue weighted by Crippen LogP contribution is -2.47. The van der Waals surface area contributed by atoms with Crippen LogP contribution in [0, 0.1) is 18.7 Å². The van der Waals surface area contributed by atoms with Crippen LogP contribution in [0.25, 0.3) is 16.8 Å². The second-order valence-electron chi connectivity index (χ2n) is 6.93. The molecule has 146 valence electrons. The zero-order valence-electron chi connectivity index (χ0n) is 14.8. The molecule has 1 amide bonds. The van der Waals surface area contributed by atoms with Gasteiger partial charge in [-0.25, -0.2) is 13.9 Å². The minimum Gasteiger partial charge on any atom is -0.337 e. The lowest BCUT2D eigenvalue weighted by Gasteiger charge is -2.20. The van der Waals surface area contributed by atoms with Gasteiger partial charge in [-0.15, -0.1) is 0 Å². The molecule has 4 rings (SSSR count). The molecule has 0 bridgehead atoms. The molecule has 1 aliphatic carbocycles. The Bertz CT molecular complexity index is 1060. The van der Waals surface area contributed by atoms with Crippen molar-refractivity contribution in [1.29, 1.82) is 0 Å². The van der Waals surface area contributed by atoms with Gasteiger partial charge in [-0.1, -0.05) is 12.1 Å². The summed E-state index contributed by atoms with van der Waals surface area (Å²) in [5.74, 6) is -2.24. The minimum absolute atomic E-state index is 0.244. The van der Waals surface area contributed by atoms with Crippen LogP contribution in [0.4, 0.5) is 17.6 Å². The summed E-state index contributed by atoms with van der Waals surface area (Å²) in [4.78, 5) is 16.5. The van der Waals surface area contributed by atoms with Gasteiger partial charge in [0.15, 0.2) is 0 Å². The number of imidazole rings is 1. The van der Waals surface area contributed by atoms with E-state index in [0.717, 1.165) is 0 Å². The molecule has 0 saturated heterocycles. The predicted octanol–water partition coefficient (Wildman–Crippen LogP) is 3.91. The molecule has 1 aromatic carbocycles. The summed E-state index contributed by atoms with van der Waals surface area (Å²) in [7, 11) is 0. The quantitative estimate of drug-likeness (QED) is 0.685. The monoisotopic (exact) mass is 392 g/mol. The number of rotatable bonds is 4. The first-order valence-electron chi connectivity index (χ1n) is 8.73. The number of aryl methyl sites for hydroxylation is 1. The van der Waals surface area contributed by atoms with E-state index in [4.69, 9.17) is 0 Å². The highest BCUT2D eigenvalue weighted by molar-refractivity contribution is 5.92. The van der Waals surface area contributed by atoms with Crippen LogP contribution in [-0.2, 0) is 0 Å². The van der Waals surface area contributed by atoms with Gasteiger partial charge in [0, 0.05) is 5.56 Å². The number of amides is 1. The number of halogens is 4. The molecule has 5 nitrogen and oxygen atoms in total. The zero-order valence-corrected chi connectivity index (χ0v) is 14.8. The number of benzene rings is 1. The highest BCUT2D eigenvalue weighted by atomic mass is 19.4. The fourth-order valence-electron chi connectivity index (χ4n) is 3.18. The van der Waals surface area contributed by atoms with E-state index >= 15 is 0 Å². The van der Waals surface area contributed by atoms with Crippen LogP contribution in [0.1, 0.15) is 29.0 Å². The Kier molecular flexibility index (Phi) is 4.32. The standard InChI is InChI=1S/C19H16F4N4O/c1-10-7-14(12-3-2-4-13(20)8-12)26-27-15(10)9-24-17(27)18(28)25-16(11-5-6-11)19(21,22)23/h2-4,7-9,11,16H,5-6H2,1H3,(H,25,28)/t16-/m0/s1. The highest BCUT2D eigenvalue weighted by Gasteiger charge is 2.50. The van der Waals surface area contributed by atoms with Gasteiger partial charge in [0.05, 0.1) is 17.4 Å². The Hall–Kier alpha value is -2.97. The fraction of sp³-hybridized carbons (Fsp3) is 0.316. The summed E-state index contributed by atoms with van der Waals surface area (Å²) in [5.41, 5.74) is 2.05. The number of carbonyl (C=O) groups excluding carboxylic acids is 1. The van der Waals surface area contributed by atoms with Crippen LogP contribution >= 0.6 is 0 Å². The molecule has 9 heteroatoms. The van der Waals surface area contributed by atoms with Crippen molar-refractivity contribution in [3.63, 3.8) is 0 Å². The molecule has 0 spiro atoms. The molecule has 0 unspecified atom stereocenters. The molecule has 28 heavy (non-hydrogen) atoms. The number of hydrogen-bond donors (Lipinski definition) is 1. The fourth-order valence-corrected chi connectivity index (χ4v) is 3.18. The van der Waals surface area contributed by atoms with Crippen LogP contribution in [0.5, 0.6) is 0 Å². The number of alkyl halides is 3. The van der Waals surface area contributed by atoms with Gasteiger partial charge in [0.25, 0.3) is 5.91 Å². The molecule has 1 saturated carbocycles. The lowest BCUT2D eigenvalue weighted by atomic mass is 10.1. The summed E-state index contributed by atoms with van der Waals surface area (Å²) in [6.07, 6.45) is -2.30. The Morgan fingerprint density at radius 3 is 2.68 bits per heavy atom. The average Bonchev–Trinajstić information content (AvgIpc) is 3.36. The van der Waals surface area contributed by atoms with E-state index in [2.05, 4.69) is 15.4 Å². The van der Waals surface area contributed by atoms with E-state index in [1.807, 2.05) is 0 Å². The SMILES string of the molecule is Cc1cc(-c2cccc(F)c2)nn2c(C(=O)N[C@@H](C3CC3)C(F)(F)F)ncc12. The molecule has 1 aliphatic rings. The van der Waals surface area contributed by atoms with Crippen molar-refractivity contribution in [3.05, 3.63) is 53.7 Å². The van der Waals surface area contributed by atoms with Gasteiger partial charge >= 0.3 is 6.18 Å². The van der Waals surface area contributed by atoms with E-state index in [0.29, 0.717) is 35.2 Å². The van der Waals surface area contributed by atoms with Gasteiger partial charge in [-0.3, -0.25) is 4.79 Å². The topological polar surface area (TPSA) is 59.3 Å². The molecule has 2 aromatic heterocycles. The second kappa shape index (κ2) is 6.57. The maximum absolute atomic E-state index is 13.5. The van der Waals surface area contributed by atoms with Crippen molar-refractivity contribution in [1.82, 2.24) is 19.9 Å². The third-order valence-electron chi connectivity index (χ3n) is 4.76. The number of aromatic nitrogens is 3. The maximum Gasteiger partial charge on any atom is 0.408 e. The second-order valence-corrected chi connectivity index (χ2v) is 6.93. The van der Waals surface area contributed by atoms with Gasteiger partial charge in [-0.2, -0.15) is 18.3 Å². The normalized spacial score (nSPS) is 15.6. The first-order chi connectivity index (χ1) is 13.2. The molecule has 1 fully saturated rings. The minimum atomic E-state index is -4.53. The Balaban J connectivity index is 1.72. The van der Waals surface area contributed by atoms with Crippen LogP contribution in [0.15, 0.2) is 36.5 Å². The number of fused-ring (bicyclic) bond motifs is 1. The molecule has 0 radical (unpaired) electrons. The summed E-state index contributed by atoms with van der Waals surface area (Å²) in [5, 5.41) is 6.36. The summed E-state index contributed by atoms with van der Waals surface area (Å²) in [6, 6.07) is 5.56. The molecule has 0 aliphatic heterocycles. The molecular formula is C19H16F4N4O. The van der Waals surface area contributed by atoms with Gasteiger partial charge in [0.2, 0.25) is 5.82 Å². The third-order valence-corrected chi connectivity index (χ3v) is 4.76. The van der Waals surface area contributed by atoms with Crippen molar-refractivity contribution in [2.75, 3.05) is 0 Å². The predicted molar refractivity (Wildman–Crippen MR) is 93.2 cm³/mol. The largest absolute Gasteiger partial charge is 0.408 e. The third kappa shape index (κ3) is 3.44. The molecule has 2 heterocycles. The highest BCUT2D eigenvalue weighted by Crippen LogP contribution is 2.40. The molecule has 3 aromatic rings. The van der Waals surface area contributed by atoms with Gasteiger partial charge < -0.3 is 5.32 Å². The van der Waals surface area contributed by atoms with Crippen LogP contribution < -0.4 is 5.32 Å². The first-order valence-corrected chi connectivity index (χ1v) is 8.73. The number of nitrogens with zero attached hydrogens (tertiary/aromatic N) is 3. The maximum atomic E-state index is 13.5.